The molecule has 0 bridgehead atoms. The van der Waals surface area contributed by atoms with Gasteiger partial charge in [-0.3, -0.25) is 14.2 Å². The molecule has 34 heavy (non-hydrogen) atoms. The van der Waals surface area contributed by atoms with Crippen LogP contribution in [0.4, 0.5) is 5.69 Å². The van der Waals surface area contributed by atoms with E-state index in [0.29, 0.717) is 38.8 Å². The Kier molecular flexibility index (Phi) is 6.43. The lowest BCUT2D eigenvalue weighted by atomic mass is 10.2. The number of benzene rings is 3. The molecule has 1 N–H and O–H groups in total. The second kappa shape index (κ2) is 9.44. The number of nitrogens with one attached hydrogen (secondary N) is 1. The summed E-state index contributed by atoms with van der Waals surface area (Å²) < 4.78 is 12.8. The molecule has 0 fully saturated rings. The first kappa shape index (κ1) is 23.1. The highest BCUT2D eigenvalue weighted by Gasteiger charge is 2.23. The SMILES string of the molecule is COc1ccc(NC(=O)[C@@H](C)n2c(=O)n(-c3cccc(Cl)c3)c(=O)c3ccccc32)cc1OC. The molecular weight excluding hydrogens is 458 g/mol. The molecule has 0 unspecified atom stereocenters. The van der Waals surface area contributed by atoms with Gasteiger partial charge in [-0.25, -0.2) is 9.36 Å². The molecule has 0 aliphatic heterocycles. The monoisotopic (exact) mass is 479 g/mol. The van der Waals surface area contributed by atoms with Gasteiger partial charge in [-0.05, 0) is 49.4 Å². The van der Waals surface area contributed by atoms with E-state index < -0.39 is 23.2 Å². The fourth-order valence-corrected chi connectivity index (χ4v) is 3.96. The molecule has 1 heterocycles. The average Bonchev–Trinajstić information content (AvgIpc) is 2.84. The van der Waals surface area contributed by atoms with Crippen molar-refractivity contribution in [2.24, 2.45) is 0 Å². The molecule has 1 aromatic heterocycles. The molecule has 0 radical (unpaired) electrons. The maximum atomic E-state index is 13.6. The second-order valence-electron chi connectivity index (χ2n) is 7.53. The van der Waals surface area contributed by atoms with Crippen molar-refractivity contribution in [1.29, 1.82) is 0 Å². The van der Waals surface area contributed by atoms with Crippen molar-refractivity contribution in [1.82, 2.24) is 9.13 Å². The van der Waals surface area contributed by atoms with Gasteiger partial charge in [0.2, 0.25) is 5.91 Å². The number of para-hydroxylation sites is 1. The van der Waals surface area contributed by atoms with Crippen molar-refractivity contribution >= 4 is 34.1 Å². The minimum Gasteiger partial charge on any atom is -0.493 e. The van der Waals surface area contributed by atoms with Crippen molar-refractivity contribution < 1.29 is 14.3 Å². The van der Waals surface area contributed by atoms with E-state index in [4.69, 9.17) is 21.1 Å². The normalized spacial score (nSPS) is 11.8. The highest BCUT2D eigenvalue weighted by molar-refractivity contribution is 6.30. The van der Waals surface area contributed by atoms with Gasteiger partial charge in [-0.1, -0.05) is 29.8 Å². The van der Waals surface area contributed by atoms with Crippen molar-refractivity contribution in [2.45, 2.75) is 13.0 Å². The molecule has 0 aliphatic rings. The number of anilines is 1. The van der Waals surface area contributed by atoms with Crippen LogP contribution in [-0.4, -0.2) is 29.3 Å². The molecule has 1 atom stereocenters. The van der Waals surface area contributed by atoms with E-state index in [-0.39, 0.29) is 0 Å². The lowest BCUT2D eigenvalue weighted by Gasteiger charge is -2.20. The lowest BCUT2D eigenvalue weighted by molar-refractivity contribution is -0.118. The Bertz CT molecular complexity index is 1510. The number of carbonyl (C=O) groups is 1. The van der Waals surface area contributed by atoms with Gasteiger partial charge in [0.1, 0.15) is 6.04 Å². The Morgan fingerprint density at radius 3 is 2.38 bits per heavy atom. The third kappa shape index (κ3) is 4.15. The summed E-state index contributed by atoms with van der Waals surface area (Å²) >= 11 is 6.10. The summed E-state index contributed by atoms with van der Waals surface area (Å²) in [6, 6.07) is 17.1. The van der Waals surface area contributed by atoms with E-state index in [1.807, 2.05) is 0 Å². The molecule has 8 nitrogen and oxygen atoms in total. The first-order valence-electron chi connectivity index (χ1n) is 10.4. The fourth-order valence-electron chi connectivity index (χ4n) is 3.78. The van der Waals surface area contributed by atoms with Crippen LogP contribution in [0.1, 0.15) is 13.0 Å². The Labute approximate surface area is 199 Å². The van der Waals surface area contributed by atoms with Crippen LogP contribution in [0.5, 0.6) is 11.5 Å². The van der Waals surface area contributed by atoms with Gasteiger partial charge >= 0.3 is 5.69 Å². The Morgan fingerprint density at radius 1 is 0.941 bits per heavy atom. The van der Waals surface area contributed by atoms with Crippen LogP contribution in [0.2, 0.25) is 5.02 Å². The summed E-state index contributed by atoms with van der Waals surface area (Å²) in [5.41, 5.74) is -0.0113. The molecule has 4 rings (SSSR count). The quantitative estimate of drug-likeness (QED) is 0.451. The van der Waals surface area contributed by atoms with E-state index in [1.54, 1.807) is 67.6 Å². The molecule has 1 amide bonds. The van der Waals surface area contributed by atoms with E-state index >= 15 is 0 Å². The summed E-state index contributed by atoms with van der Waals surface area (Å²) in [5, 5.41) is 3.47. The van der Waals surface area contributed by atoms with Crippen LogP contribution in [0.15, 0.2) is 76.3 Å². The average molecular weight is 480 g/mol. The Morgan fingerprint density at radius 2 is 1.68 bits per heavy atom. The summed E-state index contributed by atoms with van der Waals surface area (Å²) in [5.74, 6) is 0.519. The van der Waals surface area contributed by atoms with Crippen molar-refractivity contribution in [3.63, 3.8) is 0 Å². The molecule has 3 aromatic carbocycles. The molecular formula is C25H22ClN3O5. The molecule has 0 spiro atoms. The third-order valence-electron chi connectivity index (χ3n) is 5.48. The third-order valence-corrected chi connectivity index (χ3v) is 5.71. The molecule has 0 saturated carbocycles. The molecule has 174 valence electrons. The summed E-state index contributed by atoms with van der Waals surface area (Å²) in [6.07, 6.45) is 0. The van der Waals surface area contributed by atoms with Gasteiger partial charge in [-0.2, -0.15) is 0 Å². The zero-order valence-corrected chi connectivity index (χ0v) is 19.5. The number of rotatable bonds is 6. The maximum Gasteiger partial charge on any atom is 0.336 e. The van der Waals surface area contributed by atoms with E-state index in [0.717, 1.165) is 4.57 Å². The van der Waals surface area contributed by atoms with Crippen LogP contribution in [0.3, 0.4) is 0 Å². The number of methoxy groups -OCH3 is 2. The lowest BCUT2D eigenvalue weighted by Crippen LogP contribution is -2.42. The van der Waals surface area contributed by atoms with Gasteiger partial charge in [0.05, 0.1) is 30.8 Å². The van der Waals surface area contributed by atoms with Crippen LogP contribution in [0.25, 0.3) is 16.6 Å². The van der Waals surface area contributed by atoms with Crippen LogP contribution in [-0.2, 0) is 4.79 Å². The first-order chi connectivity index (χ1) is 16.3. The standard InChI is InChI=1S/C25H22ClN3O5/c1-15(23(30)27-17-11-12-21(33-2)22(14-17)34-3)28-20-10-5-4-9-19(20)24(31)29(25(28)32)18-8-6-7-16(26)13-18/h4-15H,1-3H3,(H,27,30)/t15-/m1/s1. The van der Waals surface area contributed by atoms with E-state index in [1.165, 1.54) is 24.9 Å². The second-order valence-corrected chi connectivity index (χ2v) is 7.96. The molecule has 0 aliphatic carbocycles. The highest BCUT2D eigenvalue weighted by Crippen LogP contribution is 2.30. The Hall–Kier alpha value is -4.04. The number of hydrogen-bond acceptors (Lipinski definition) is 5. The van der Waals surface area contributed by atoms with Crippen molar-refractivity contribution in [3.8, 4) is 17.2 Å². The molecule has 4 aromatic rings. The van der Waals surface area contributed by atoms with E-state index in [9.17, 15) is 14.4 Å². The zero-order valence-electron chi connectivity index (χ0n) is 18.7. The van der Waals surface area contributed by atoms with Crippen LogP contribution in [0, 0.1) is 0 Å². The van der Waals surface area contributed by atoms with Gasteiger partial charge in [-0.15, -0.1) is 0 Å². The summed E-state index contributed by atoms with van der Waals surface area (Å²) in [4.78, 5) is 40.0. The number of hydrogen-bond donors (Lipinski definition) is 1. The predicted octanol–water partition coefficient (Wildman–Crippen LogP) is 4.02. The minimum absolute atomic E-state index is 0.299. The fraction of sp³-hybridized carbons (Fsp3) is 0.160. The van der Waals surface area contributed by atoms with Crippen molar-refractivity contribution in [2.75, 3.05) is 19.5 Å². The highest BCUT2D eigenvalue weighted by atomic mass is 35.5. The number of ether oxygens (including phenoxy) is 2. The Balaban J connectivity index is 1.83. The smallest absolute Gasteiger partial charge is 0.336 e. The number of aromatic nitrogens is 2. The van der Waals surface area contributed by atoms with Gasteiger partial charge in [0.25, 0.3) is 5.56 Å². The van der Waals surface area contributed by atoms with Gasteiger partial charge in [0, 0.05) is 16.8 Å². The van der Waals surface area contributed by atoms with Crippen LogP contribution >= 0.6 is 11.6 Å². The van der Waals surface area contributed by atoms with Gasteiger partial charge in [0.15, 0.2) is 11.5 Å². The first-order valence-corrected chi connectivity index (χ1v) is 10.8. The zero-order chi connectivity index (χ0) is 24.4. The largest absolute Gasteiger partial charge is 0.493 e. The number of fused-ring (bicyclic) bond motifs is 1. The number of nitrogens with zero attached hydrogens (tertiary/aromatic N) is 2. The summed E-state index contributed by atoms with van der Waals surface area (Å²) in [7, 11) is 3.02. The summed E-state index contributed by atoms with van der Waals surface area (Å²) in [6.45, 7) is 1.59. The maximum absolute atomic E-state index is 13.6. The number of carbonyl (C=O) groups excluding carboxylic acids is 1. The van der Waals surface area contributed by atoms with Crippen LogP contribution < -0.4 is 26.0 Å². The predicted molar refractivity (Wildman–Crippen MR) is 132 cm³/mol. The topological polar surface area (TPSA) is 91.6 Å². The minimum atomic E-state index is -0.948. The number of amides is 1. The van der Waals surface area contributed by atoms with E-state index in [2.05, 4.69) is 5.32 Å². The molecule has 0 saturated heterocycles. The molecule has 9 heteroatoms. The van der Waals surface area contributed by atoms with Crippen molar-refractivity contribution in [3.05, 3.63) is 92.6 Å². The number of halogens is 1. The van der Waals surface area contributed by atoms with Gasteiger partial charge < -0.3 is 14.8 Å².